The van der Waals surface area contributed by atoms with Gasteiger partial charge in [0.1, 0.15) is 30.0 Å². The molecule has 154 valence electrons. The van der Waals surface area contributed by atoms with Gasteiger partial charge in [-0.05, 0) is 32.9 Å². The smallest absolute Gasteiger partial charge is 0.408 e. The van der Waals surface area contributed by atoms with Gasteiger partial charge in [0.05, 0.1) is 17.0 Å². The summed E-state index contributed by atoms with van der Waals surface area (Å²) in [6.07, 6.45) is -2.30. The minimum Gasteiger partial charge on any atom is -0.444 e. The van der Waals surface area contributed by atoms with Crippen molar-refractivity contribution in [3.63, 3.8) is 0 Å². The number of amides is 1. The molecule has 0 aliphatic carbocycles. The second-order valence-electron chi connectivity index (χ2n) is 7.27. The predicted octanol–water partition coefficient (Wildman–Crippen LogP) is 3.41. The number of thiophene rings is 1. The third-order valence-corrected chi connectivity index (χ3v) is 5.42. The maximum Gasteiger partial charge on any atom is 0.408 e. The molecule has 1 aromatic heterocycles. The van der Waals surface area contributed by atoms with Crippen LogP contribution in [-0.2, 0) is 23.7 Å². The van der Waals surface area contributed by atoms with E-state index < -0.39 is 36.0 Å². The quantitative estimate of drug-likeness (QED) is 0.758. The Kier molecular flexibility index (Phi) is 7.91. The first-order valence-corrected chi connectivity index (χ1v) is 9.84. The van der Waals surface area contributed by atoms with Crippen LogP contribution < -0.4 is 5.32 Å². The Morgan fingerprint density at radius 2 is 1.89 bits per heavy atom. The molecule has 9 heteroatoms. The fourth-order valence-corrected chi connectivity index (χ4v) is 4.28. The van der Waals surface area contributed by atoms with Crippen molar-refractivity contribution in [2.45, 2.75) is 56.8 Å². The van der Waals surface area contributed by atoms with Gasteiger partial charge in [0.15, 0.2) is 0 Å². The lowest BCUT2D eigenvalue weighted by Crippen LogP contribution is -2.62. The molecular formula is C18H28ClNO6S. The largest absolute Gasteiger partial charge is 0.444 e. The number of rotatable bonds is 6. The number of carbonyl (C=O) groups excluding carboxylic acids is 1. The van der Waals surface area contributed by atoms with E-state index in [4.69, 9.17) is 35.3 Å². The van der Waals surface area contributed by atoms with E-state index >= 15 is 0 Å². The molecule has 1 aliphatic heterocycles. The molecule has 27 heavy (non-hydrogen) atoms. The summed E-state index contributed by atoms with van der Waals surface area (Å²) in [7, 11) is 4.75. The molecule has 0 unspecified atom stereocenters. The van der Waals surface area contributed by atoms with Crippen molar-refractivity contribution in [3.8, 4) is 0 Å². The molecule has 2 rings (SSSR count). The van der Waals surface area contributed by atoms with Crippen LogP contribution in [-0.4, -0.2) is 64.0 Å². The summed E-state index contributed by atoms with van der Waals surface area (Å²) in [4.78, 5) is 13.3. The molecule has 1 aliphatic rings. The lowest BCUT2D eigenvalue weighted by Gasteiger charge is -2.45. The molecule has 1 N–H and O–H groups in total. The molecule has 0 bridgehead atoms. The highest BCUT2D eigenvalue weighted by Crippen LogP contribution is 2.39. The zero-order valence-electron chi connectivity index (χ0n) is 16.5. The van der Waals surface area contributed by atoms with Crippen LogP contribution in [0.4, 0.5) is 4.79 Å². The molecule has 0 spiro atoms. The monoisotopic (exact) mass is 421 g/mol. The van der Waals surface area contributed by atoms with Gasteiger partial charge in [0, 0.05) is 26.2 Å². The minimum atomic E-state index is -0.622. The number of methoxy groups -OCH3 is 3. The van der Waals surface area contributed by atoms with Gasteiger partial charge >= 0.3 is 6.09 Å². The molecule has 0 saturated carbocycles. The zero-order valence-corrected chi connectivity index (χ0v) is 18.1. The zero-order chi connectivity index (χ0) is 20.2. The third-order valence-electron chi connectivity index (χ3n) is 4.12. The summed E-state index contributed by atoms with van der Waals surface area (Å²) >= 11 is 7.51. The summed E-state index contributed by atoms with van der Waals surface area (Å²) < 4.78 is 28.9. The molecule has 7 nitrogen and oxygen atoms in total. The van der Waals surface area contributed by atoms with Crippen molar-refractivity contribution < 1.29 is 28.5 Å². The van der Waals surface area contributed by atoms with E-state index in [2.05, 4.69) is 5.32 Å². The SMILES string of the molecule is COC[C@H]1O[C@H](c2ccc(Cl)s2)[C@H](NC(=O)OC(C)(C)C)[C@@H](OC)[C@@H]1OC. The summed E-state index contributed by atoms with van der Waals surface area (Å²) in [5.41, 5.74) is -0.622. The molecule has 5 atom stereocenters. The van der Waals surface area contributed by atoms with Crippen molar-refractivity contribution in [2.24, 2.45) is 0 Å². The van der Waals surface area contributed by atoms with Crippen LogP contribution in [0.2, 0.25) is 4.34 Å². The van der Waals surface area contributed by atoms with Crippen molar-refractivity contribution in [2.75, 3.05) is 27.9 Å². The molecule has 2 heterocycles. The maximum absolute atomic E-state index is 12.4. The van der Waals surface area contributed by atoms with Crippen molar-refractivity contribution in [1.82, 2.24) is 5.32 Å². The van der Waals surface area contributed by atoms with Crippen LogP contribution in [0.3, 0.4) is 0 Å². The van der Waals surface area contributed by atoms with Crippen LogP contribution >= 0.6 is 22.9 Å². The highest BCUT2D eigenvalue weighted by Gasteiger charge is 2.48. The first-order chi connectivity index (χ1) is 12.7. The third kappa shape index (κ3) is 5.79. The van der Waals surface area contributed by atoms with Gasteiger partial charge in [-0.25, -0.2) is 4.79 Å². The van der Waals surface area contributed by atoms with Gasteiger partial charge in [0.2, 0.25) is 0 Å². The number of hydrogen-bond acceptors (Lipinski definition) is 7. The van der Waals surface area contributed by atoms with Gasteiger partial charge < -0.3 is 29.0 Å². The molecule has 1 fully saturated rings. The fraction of sp³-hybridized carbons (Fsp3) is 0.722. The molecule has 0 radical (unpaired) electrons. The van der Waals surface area contributed by atoms with Crippen molar-refractivity contribution >= 4 is 29.0 Å². The van der Waals surface area contributed by atoms with E-state index in [0.717, 1.165) is 4.88 Å². The Bertz CT molecular complexity index is 619. The van der Waals surface area contributed by atoms with E-state index in [1.54, 1.807) is 48.2 Å². The number of ether oxygens (including phenoxy) is 5. The van der Waals surface area contributed by atoms with E-state index in [0.29, 0.717) is 10.9 Å². The second-order valence-corrected chi connectivity index (χ2v) is 9.01. The highest BCUT2D eigenvalue weighted by atomic mass is 35.5. The Balaban J connectivity index is 2.34. The number of hydrogen-bond donors (Lipinski definition) is 1. The minimum absolute atomic E-state index is 0.327. The van der Waals surface area contributed by atoms with Crippen molar-refractivity contribution in [1.29, 1.82) is 0 Å². The first kappa shape index (κ1) is 22.4. The summed E-state index contributed by atoms with van der Waals surface area (Å²) in [6, 6.07) is 3.15. The fourth-order valence-electron chi connectivity index (χ4n) is 3.13. The lowest BCUT2D eigenvalue weighted by molar-refractivity contribution is -0.212. The second kappa shape index (κ2) is 9.54. The average molecular weight is 422 g/mol. The van der Waals surface area contributed by atoms with Gasteiger partial charge in [-0.15, -0.1) is 11.3 Å². The molecule has 1 aromatic rings. The van der Waals surface area contributed by atoms with Gasteiger partial charge in [-0.1, -0.05) is 11.6 Å². The number of alkyl carbamates (subject to hydrolysis) is 1. The van der Waals surface area contributed by atoms with E-state index in [1.165, 1.54) is 11.3 Å². The van der Waals surface area contributed by atoms with Crippen LogP contribution in [0.25, 0.3) is 0 Å². The van der Waals surface area contributed by atoms with Crippen LogP contribution in [0, 0.1) is 0 Å². The van der Waals surface area contributed by atoms with E-state index in [-0.39, 0.29) is 6.10 Å². The first-order valence-electron chi connectivity index (χ1n) is 8.65. The average Bonchev–Trinajstić information content (AvgIpc) is 3.00. The Morgan fingerprint density at radius 1 is 1.22 bits per heavy atom. The Labute approximate surface area is 169 Å². The number of carbonyl (C=O) groups is 1. The molecule has 1 amide bonds. The van der Waals surface area contributed by atoms with Crippen LogP contribution in [0.5, 0.6) is 0 Å². The Morgan fingerprint density at radius 3 is 2.37 bits per heavy atom. The summed E-state index contributed by atoms with van der Waals surface area (Å²) in [6.45, 7) is 5.75. The van der Waals surface area contributed by atoms with Crippen molar-refractivity contribution in [3.05, 3.63) is 21.3 Å². The van der Waals surface area contributed by atoms with Gasteiger partial charge in [0.25, 0.3) is 0 Å². The molecule has 1 saturated heterocycles. The normalized spacial score (nSPS) is 28.8. The lowest BCUT2D eigenvalue weighted by atomic mass is 9.91. The maximum atomic E-state index is 12.4. The molecular weight excluding hydrogens is 394 g/mol. The summed E-state index contributed by atoms with van der Waals surface area (Å²) in [5, 5.41) is 2.89. The van der Waals surface area contributed by atoms with Crippen LogP contribution in [0.15, 0.2) is 12.1 Å². The number of nitrogens with one attached hydrogen (secondary N) is 1. The van der Waals surface area contributed by atoms with E-state index in [9.17, 15) is 4.79 Å². The topological polar surface area (TPSA) is 75.3 Å². The standard InChI is InChI=1S/C18H28ClNO6S/c1-18(2,3)26-17(21)20-13-15(11-7-8-12(19)27-11)25-10(9-22-4)14(23-5)16(13)24-6/h7-8,10,13-16H,9H2,1-6H3,(H,20,21)/t10-,13+,14-,15-,16-/m1/s1. The van der Waals surface area contributed by atoms with Crippen LogP contribution in [0.1, 0.15) is 31.8 Å². The predicted molar refractivity (Wildman–Crippen MR) is 104 cm³/mol. The highest BCUT2D eigenvalue weighted by molar-refractivity contribution is 7.16. The van der Waals surface area contributed by atoms with E-state index in [1.807, 2.05) is 6.07 Å². The van der Waals surface area contributed by atoms with Gasteiger partial charge in [-0.3, -0.25) is 0 Å². The number of halogens is 1. The van der Waals surface area contributed by atoms with Gasteiger partial charge in [-0.2, -0.15) is 0 Å². The Hall–Kier alpha value is -0.900. The summed E-state index contributed by atoms with van der Waals surface area (Å²) in [5.74, 6) is 0. The molecule has 0 aromatic carbocycles.